The van der Waals surface area contributed by atoms with Gasteiger partial charge in [0.25, 0.3) is 0 Å². The summed E-state index contributed by atoms with van der Waals surface area (Å²) in [6, 6.07) is 28.0. The third-order valence-corrected chi connectivity index (χ3v) is 7.33. The number of carbonyl (C=O) groups excluding carboxylic acids is 1. The minimum absolute atomic E-state index is 0.253. The van der Waals surface area contributed by atoms with Gasteiger partial charge in [-0.15, -0.1) is 10.2 Å². The number of ether oxygens (including phenoxy) is 6. The highest BCUT2D eigenvalue weighted by atomic mass is 16.5. The van der Waals surface area contributed by atoms with Gasteiger partial charge in [0.05, 0.1) is 40.3 Å². The van der Waals surface area contributed by atoms with Crippen LogP contribution >= 0.6 is 0 Å². The molecule has 48 heavy (non-hydrogen) atoms. The summed E-state index contributed by atoms with van der Waals surface area (Å²) in [5, 5.41) is 13.4. The second-order valence-corrected chi connectivity index (χ2v) is 10.3. The summed E-state index contributed by atoms with van der Waals surface area (Å²) in [7, 11) is 6.38. The molecule has 0 radical (unpaired) electrons. The van der Waals surface area contributed by atoms with Crippen LogP contribution in [0.4, 0.5) is 5.82 Å². The molecule has 0 spiro atoms. The number of nitrogens with one attached hydrogen (secondary N) is 1. The SMILES string of the molecule is COc1ccc(-c2cc(Cc3ccccc3OC)c(N/N=C/c3ccc(OCCOc4ccc(C=O)cc4OC)c(OC)c3)nn2)cc1. The Morgan fingerprint density at radius 1 is 0.646 bits per heavy atom. The van der Waals surface area contributed by atoms with E-state index >= 15 is 0 Å². The summed E-state index contributed by atoms with van der Waals surface area (Å²) in [5.41, 5.74) is 7.86. The Balaban J connectivity index is 1.27. The average Bonchev–Trinajstić information content (AvgIpc) is 3.14. The predicted molar refractivity (Wildman–Crippen MR) is 183 cm³/mol. The van der Waals surface area contributed by atoms with Crippen molar-refractivity contribution in [2.24, 2.45) is 5.10 Å². The van der Waals surface area contributed by atoms with E-state index in [1.54, 1.807) is 51.8 Å². The van der Waals surface area contributed by atoms with Crippen LogP contribution in [0.2, 0.25) is 0 Å². The van der Waals surface area contributed by atoms with E-state index in [1.807, 2.05) is 66.7 Å². The van der Waals surface area contributed by atoms with Crippen LogP contribution in [0.3, 0.4) is 0 Å². The number of methoxy groups -OCH3 is 4. The fourth-order valence-corrected chi connectivity index (χ4v) is 4.85. The summed E-state index contributed by atoms with van der Waals surface area (Å²) in [5.74, 6) is 4.13. The Morgan fingerprint density at radius 3 is 1.94 bits per heavy atom. The molecule has 0 aliphatic rings. The molecular weight excluding hydrogens is 612 g/mol. The number of anilines is 1. The summed E-state index contributed by atoms with van der Waals surface area (Å²) in [4.78, 5) is 11.0. The Hall–Kier alpha value is -6.10. The summed E-state index contributed by atoms with van der Waals surface area (Å²) >= 11 is 0. The highest BCUT2D eigenvalue weighted by Crippen LogP contribution is 2.30. The molecule has 1 aromatic heterocycles. The molecule has 11 heteroatoms. The van der Waals surface area contributed by atoms with Gasteiger partial charge in [0.1, 0.15) is 31.0 Å². The Morgan fingerprint density at radius 2 is 1.29 bits per heavy atom. The third-order valence-electron chi connectivity index (χ3n) is 7.33. The van der Waals surface area contributed by atoms with Gasteiger partial charge in [-0.1, -0.05) is 18.2 Å². The van der Waals surface area contributed by atoms with Gasteiger partial charge in [0.2, 0.25) is 0 Å². The molecule has 5 aromatic rings. The monoisotopic (exact) mass is 648 g/mol. The van der Waals surface area contributed by atoms with Crippen molar-refractivity contribution in [1.82, 2.24) is 10.2 Å². The average molecular weight is 649 g/mol. The second kappa shape index (κ2) is 16.5. The van der Waals surface area contributed by atoms with Crippen molar-refractivity contribution < 1.29 is 33.2 Å². The second-order valence-electron chi connectivity index (χ2n) is 10.3. The maximum atomic E-state index is 11.0. The molecule has 0 aliphatic heterocycles. The molecule has 0 saturated carbocycles. The van der Waals surface area contributed by atoms with Crippen molar-refractivity contribution in [2.45, 2.75) is 6.42 Å². The van der Waals surface area contributed by atoms with Gasteiger partial charge in [-0.2, -0.15) is 5.10 Å². The minimum Gasteiger partial charge on any atom is -0.497 e. The highest BCUT2D eigenvalue weighted by molar-refractivity contribution is 5.81. The van der Waals surface area contributed by atoms with Crippen molar-refractivity contribution >= 4 is 18.3 Å². The fourth-order valence-electron chi connectivity index (χ4n) is 4.85. The van der Waals surface area contributed by atoms with Gasteiger partial charge in [-0.25, -0.2) is 0 Å². The van der Waals surface area contributed by atoms with E-state index in [-0.39, 0.29) is 13.2 Å². The summed E-state index contributed by atoms with van der Waals surface area (Å²) in [6.07, 6.45) is 2.96. The first-order chi connectivity index (χ1) is 23.5. The van der Waals surface area contributed by atoms with Crippen LogP contribution in [0.5, 0.6) is 34.5 Å². The Labute approximate surface area is 279 Å². The van der Waals surface area contributed by atoms with E-state index < -0.39 is 0 Å². The first-order valence-electron chi connectivity index (χ1n) is 15.0. The number of carbonyl (C=O) groups is 1. The smallest absolute Gasteiger partial charge is 0.172 e. The normalized spacial score (nSPS) is 10.8. The molecule has 4 aromatic carbocycles. The Kier molecular flexibility index (Phi) is 11.4. The molecule has 0 unspecified atom stereocenters. The lowest BCUT2D eigenvalue weighted by molar-refractivity contribution is 0.112. The maximum Gasteiger partial charge on any atom is 0.172 e. The maximum absolute atomic E-state index is 11.0. The van der Waals surface area contributed by atoms with Gasteiger partial charge >= 0.3 is 0 Å². The lowest BCUT2D eigenvalue weighted by Gasteiger charge is -2.14. The van der Waals surface area contributed by atoms with Gasteiger partial charge in [-0.3, -0.25) is 10.2 Å². The van der Waals surface area contributed by atoms with Gasteiger partial charge < -0.3 is 28.4 Å². The predicted octanol–water partition coefficient (Wildman–Crippen LogP) is 6.49. The minimum atomic E-state index is 0.253. The molecule has 0 bridgehead atoms. The molecule has 246 valence electrons. The number of nitrogens with zero attached hydrogens (tertiary/aromatic N) is 3. The lowest BCUT2D eigenvalue weighted by Crippen LogP contribution is -2.10. The lowest BCUT2D eigenvalue weighted by atomic mass is 10.0. The largest absolute Gasteiger partial charge is 0.497 e. The van der Waals surface area contributed by atoms with Gasteiger partial charge in [-0.05, 0) is 83.9 Å². The molecule has 5 rings (SSSR count). The van der Waals surface area contributed by atoms with Crippen LogP contribution in [-0.4, -0.2) is 64.4 Å². The Bertz CT molecular complexity index is 1860. The molecule has 11 nitrogen and oxygen atoms in total. The number of aldehydes is 1. The zero-order valence-electron chi connectivity index (χ0n) is 27.1. The van der Waals surface area contributed by atoms with Crippen molar-refractivity contribution in [1.29, 1.82) is 0 Å². The van der Waals surface area contributed by atoms with Crippen LogP contribution in [0, 0.1) is 0 Å². The molecular formula is C37H36N4O7. The molecule has 1 N–H and O–H groups in total. The van der Waals surface area contributed by atoms with Crippen LogP contribution in [0.25, 0.3) is 11.3 Å². The number of para-hydroxylation sites is 1. The van der Waals surface area contributed by atoms with Crippen molar-refractivity contribution in [3.63, 3.8) is 0 Å². The zero-order valence-corrected chi connectivity index (χ0v) is 27.1. The van der Waals surface area contributed by atoms with E-state index in [0.717, 1.165) is 45.7 Å². The third kappa shape index (κ3) is 8.38. The molecule has 0 amide bonds. The number of hydrazone groups is 1. The van der Waals surface area contributed by atoms with E-state index in [1.165, 1.54) is 7.11 Å². The van der Waals surface area contributed by atoms with E-state index in [4.69, 9.17) is 28.4 Å². The topological polar surface area (TPSA) is 123 Å². The molecule has 0 aliphatic carbocycles. The summed E-state index contributed by atoms with van der Waals surface area (Å²) in [6.45, 7) is 0.507. The number of hydrogen-bond acceptors (Lipinski definition) is 11. The quantitative estimate of drug-likeness (QED) is 0.0550. The van der Waals surface area contributed by atoms with Crippen LogP contribution in [0.15, 0.2) is 96.1 Å². The first-order valence-corrected chi connectivity index (χ1v) is 15.0. The van der Waals surface area contributed by atoms with E-state index in [9.17, 15) is 4.79 Å². The van der Waals surface area contributed by atoms with Crippen molar-refractivity contribution in [3.8, 4) is 45.8 Å². The van der Waals surface area contributed by atoms with Crippen LogP contribution < -0.4 is 33.8 Å². The number of rotatable bonds is 16. The van der Waals surface area contributed by atoms with E-state index in [0.29, 0.717) is 40.8 Å². The number of aromatic nitrogens is 2. The van der Waals surface area contributed by atoms with E-state index in [2.05, 4.69) is 20.7 Å². The highest BCUT2D eigenvalue weighted by Gasteiger charge is 2.13. The fraction of sp³-hybridized carbons (Fsp3) is 0.189. The first kappa shape index (κ1) is 33.3. The molecule has 0 fully saturated rings. The van der Waals surface area contributed by atoms with Gasteiger partial charge in [0, 0.05) is 23.1 Å². The van der Waals surface area contributed by atoms with Gasteiger partial charge in [0.15, 0.2) is 28.8 Å². The summed E-state index contributed by atoms with van der Waals surface area (Å²) < 4.78 is 33.4. The zero-order chi connectivity index (χ0) is 33.7. The van der Waals surface area contributed by atoms with Crippen molar-refractivity contribution in [2.75, 3.05) is 47.1 Å². The number of hydrogen-bond donors (Lipinski definition) is 1. The van der Waals surface area contributed by atoms with Crippen LogP contribution in [0.1, 0.15) is 27.0 Å². The standard InChI is InChI=1S/C37H36N4O7/c1-43-30-13-11-27(12-14-30)31-22-29(21-28-7-5-6-8-32(28)44-2)37(41-39-31)40-38-23-25-9-15-33(35(19-25)45-3)47-17-18-48-34-16-10-26(24-42)20-36(34)46-4/h5-16,19-20,22-24H,17-18,21H2,1-4H3,(H,40,41)/b38-23+. The molecule has 0 atom stereocenters. The van der Waals surface area contributed by atoms with Crippen molar-refractivity contribution in [3.05, 3.63) is 113 Å². The van der Waals surface area contributed by atoms with Crippen LogP contribution in [-0.2, 0) is 6.42 Å². The molecule has 0 saturated heterocycles. The molecule has 1 heterocycles. The number of benzene rings is 4.